The minimum absolute atomic E-state index is 0.0902. The Morgan fingerprint density at radius 3 is 2.67 bits per heavy atom. The van der Waals surface area contributed by atoms with Gasteiger partial charge < -0.3 is 5.32 Å². The van der Waals surface area contributed by atoms with Crippen molar-refractivity contribution in [2.24, 2.45) is 0 Å². The van der Waals surface area contributed by atoms with Crippen LogP contribution in [-0.2, 0) is 11.3 Å². The predicted molar refractivity (Wildman–Crippen MR) is 88.2 cm³/mol. The molecule has 0 bridgehead atoms. The van der Waals surface area contributed by atoms with E-state index in [2.05, 4.69) is 15.6 Å². The van der Waals surface area contributed by atoms with Gasteiger partial charge in [0.05, 0.1) is 23.6 Å². The van der Waals surface area contributed by atoms with Crippen molar-refractivity contribution in [2.45, 2.75) is 13.0 Å². The van der Waals surface area contributed by atoms with E-state index in [9.17, 15) is 9.59 Å². The van der Waals surface area contributed by atoms with E-state index in [0.717, 1.165) is 0 Å². The average Bonchev–Trinajstić information content (AvgIpc) is 2.62. The highest BCUT2D eigenvalue weighted by atomic mass is 16.2. The van der Waals surface area contributed by atoms with Crippen LogP contribution in [0.5, 0.6) is 0 Å². The van der Waals surface area contributed by atoms with Gasteiger partial charge >= 0.3 is 0 Å². The molecule has 0 aliphatic rings. The van der Waals surface area contributed by atoms with Crippen LogP contribution in [0.4, 0.5) is 5.69 Å². The van der Waals surface area contributed by atoms with Gasteiger partial charge in [0, 0.05) is 12.1 Å². The molecule has 0 spiro atoms. The summed E-state index contributed by atoms with van der Waals surface area (Å²) in [4.78, 5) is 24.2. The van der Waals surface area contributed by atoms with E-state index in [0.29, 0.717) is 22.2 Å². The number of aromatic nitrogens is 3. The topological polar surface area (TPSA) is 101 Å². The molecular formula is C17H13N5O2. The van der Waals surface area contributed by atoms with E-state index in [1.54, 1.807) is 48.5 Å². The molecule has 1 N–H and O–H groups in total. The second-order valence-corrected chi connectivity index (χ2v) is 5.12. The van der Waals surface area contributed by atoms with E-state index in [1.165, 1.54) is 4.68 Å². The zero-order valence-corrected chi connectivity index (χ0v) is 12.6. The van der Waals surface area contributed by atoms with Crippen LogP contribution >= 0.6 is 0 Å². The highest BCUT2D eigenvalue weighted by Crippen LogP contribution is 2.09. The summed E-state index contributed by atoms with van der Waals surface area (Å²) in [6, 6.07) is 15.5. The van der Waals surface area contributed by atoms with Crippen LogP contribution in [0.15, 0.2) is 53.3 Å². The number of benzene rings is 2. The molecule has 1 amide bonds. The number of amides is 1. The van der Waals surface area contributed by atoms with Gasteiger partial charge in [-0.15, -0.1) is 5.10 Å². The first-order chi connectivity index (χ1) is 11.7. The van der Waals surface area contributed by atoms with Gasteiger partial charge in [-0.2, -0.15) is 5.26 Å². The zero-order chi connectivity index (χ0) is 16.9. The smallest absolute Gasteiger partial charge is 0.277 e. The molecule has 0 atom stereocenters. The van der Waals surface area contributed by atoms with Crippen molar-refractivity contribution in [2.75, 3.05) is 5.32 Å². The number of hydrogen-bond acceptors (Lipinski definition) is 5. The number of nitriles is 1. The Morgan fingerprint density at radius 1 is 1.17 bits per heavy atom. The number of nitrogens with zero attached hydrogens (tertiary/aromatic N) is 4. The van der Waals surface area contributed by atoms with Crippen LogP contribution in [0, 0.1) is 11.3 Å². The van der Waals surface area contributed by atoms with Gasteiger partial charge in [-0.05, 0) is 36.4 Å². The first kappa shape index (κ1) is 15.4. The maximum absolute atomic E-state index is 12.3. The summed E-state index contributed by atoms with van der Waals surface area (Å²) in [6.07, 6.45) is 0.0902. The second-order valence-electron chi connectivity index (χ2n) is 5.12. The molecule has 3 rings (SSSR count). The molecule has 0 fully saturated rings. The lowest BCUT2D eigenvalue weighted by atomic mass is 10.2. The summed E-state index contributed by atoms with van der Waals surface area (Å²) < 4.78 is 1.18. The largest absolute Gasteiger partial charge is 0.326 e. The molecule has 0 saturated heterocycles. The zero-order valence-electron chi connectivity index (χ0n) is 12.6. The molecule has 24 heavy (non-hydrogen) atoms. The third-order valence-electron chi connectivity index (χ3n) is 3.48. The first-order valence-electron chi connectivity index (χ1n) is 7.30. The number of carbonyl (C=O) groups excluding carboxylic acids is 1. The fourth-order valence-corrected chi connectivity index (χ4v) is 2.23. The maximum Gasteiger partial charge on any atom is 0.277 e. The van der Waals surface area contributed by atoms with Crippen molar-refractivity contribution < 1.29 is 4.79 Å². The van der Waals surface area contributed by atoms with Crippen molar-refractivity contribution in [1.29, 1.82) is 5.26 Å². The van der Waals surface area contributed by atoms with Crippen molar-refractivity contribution in [3.63, 3.8) is 0 Å². The fourth-order valence-electron chi connectivity index (χ4n) is 2.23. The van der Waals surface area contributed by atoms with Crippen LogP contribution in [-0.4, -0.2) is 20.9 Å². The molecule has 1 heterocycles. The normalized spacial score (nSPS) is 10.3. The lowest BCUT2D eigenvalue weighted by molar-refractivity contribution is -0.116. The molecule has 0 unspecified atom stereocenters. The van der Waals surface area contributed by atoms with Crippen LogP contribution in [0.3, 0.4) is 0 Å². The fraction of sp³-hybridized carbons (Fsp3) is 0.118. The molecule has 0 aliphatic carbocycles. The third kappa shape index (κ3) is 3.28. The highest BCUT2D eigenvalue weighted by Gasteiger charge is 2.08. The Hall–Kier alpha value is -3.53. The van der Waals surface area contributed by atoms with Gasteiger partial charge in [0.25, 0.3) is 5.56 Å². The molecule has 7 nitrogen and oxygen atoms in total. The maximum atomic E-state index is 12.3. The van der Waals surface area contributed by atoms with Gasteiger partial charge in [-0.25, -0.2) is 4.68 Å². The number of anilines is 1. The van der Waals surface area contributed by atoms with E-state index < -0.39 is 0 Å². The van der Waals surface area contributed by atoms with Crippen LogP contribution in [0.25, 0.3) is 10.9 Å². The SMILES string of the molecule is N#Cc1ccc(NC(=O)CCn2nnc3ccccc3c2=O)cc1. The van der Waals surface area contributed by atoms with Crippen molar-refractivity contribution >= 4 is 22.5 Å². The molecule has 0 aliphatic heterocycles. The van der Waals surface area contributed by atoms with Gasteiger partial charge in [0.1, 0.15) is 5.52 Å². The summed E-state index contributed by atoms with van der Waals surface area (Å²) in [5.41, 5.74) is 1.37. The van der Waals surface area contributed by atoms with E-state index in [4.69, 9.17) is 5.26 Å². The minimum atomic E-state index is -0.272. The number of aryl methyl sites for hydroxylation is 1. The summed E-state index contributed by atoms with van der Waals surface area (Å²) >= 11 is 0. The van der Waals surface area contributed by atoms with Gasteiger partial charge in [0.2, 0.25) is 5.91 Å². The molecule has 7 heteroatoms. The molecular weight excluding hydrogens is 306 g/mol. The molecule has 0 saturated carbocycles. The van der Waals surface area contributed by atoms with Gasteiger partial charge in [-0.3, -0.25) is 9.59 Å². The molecule has 2 aromatic carbocycles. The van der Waals surface area contributed by atoms with E-state index >= 15 is 0 Å². The molecule has 0 radical (unpaired) electrons. The van der Waals surface area contributed by atoms with E-state index in [-0.39, 0.29) is 24.4 Å². The standard InChI is InChI=1S/C17H13N5O2/c18-11-12-5-7-13(8-6-12)19-16(23)9-10-22-17(24)14-3-1-2-4-15(14)20-21-22/h1-8H,9-10H2,(H,19,23). The van der Waals surface area contributed by atoms with E-state index in [1.807, 2.05) is 6.07 Å². The van der Waals surface area contributed by atoms with Crippen LogP contribution < -0.4 is 10.9 Å². The van der Waals surface area contributed by atoms with Crippen molar-refractivity contribution in [1.82, 2.24) is 15.0 Å². The summed E-state index contributed by atoms with van der Waals surface area (Å²) in [6.45, 7) is 0.138. The molecule has 118 valence electrons. The lowest BCUT2D eigenvalue weighted by Crippen LogP contribution is -2.26. The van der Waals surface area contributed by atoms with Crippen molar-refractivity contribution in [3.8, 4) is 6.07 Å². The second kappa shape index (κ2) is 6.71. The average molecular weight is 319 g/mol. The Bertz CT molecular complexity index is 986. The Kier molecular flexibility index (Phi) is 4.29. The number of nitrogens with one attached hydrogen (secondary N) is 1. The van der Waals surface area contributed by atoms with Gasteiger partial charge in [-0.1, -0.05) is 17.3 Å². The number of rotatable bonds is 4. The van der Waals surface area contributed by atoms with Crippen LogP contribution in [0.2, 0.25) is 0 Å². The van der Waals surface area contributed by atoms with Gasteiger partial charge in [0.15, 0.2) is 0 Å². The number of fused-ring (bicyclic) bond motifs is 1. The monoisotopic (exact) mass is 319 g/mol. The number of hydrogen-bond donors (Lipinski definition) is 1. The molecule has 1 aromatic heterocycles. The van der Waals surface area contributed by atoms with Crippen molar-refractivity contribution in [3.05, 3.63) is 64.4 Å². The minimum Gasteiger partial charge on any atom is -0.326 e. The summed E-state index contributed by atoms with van der Waals surface area (Å²) in [5.74, 6) is -0.249. The number of carbonyl (C=O) groups is 1. The lowest BCUT2D eigenvalue weighted by Gasteiger charge is -2.06. The Balaban J connectivity index is 1.67. The third-order valence-corrected chi connectivity index (χ3v) is 3.48. The first-order valence-corrected chi connectivity index (χ1v) is 7.30. The quantitative estimate of drug-likeness (QED) is 0.788. The molecule has 3 aromatic rings. The summed E-state index contributed by atoms with van der Waals surface area (Å²) in [5, 5.41) is 19.7. The Labute approximate surface area is 137 Å². The predicted octanol–water partition coefficient (Wildman–Crippen LogP) is 1.69. The Morgan fingerprint density at radius 2 is 1.92 bits per heavy atom. The highest BCUT2D eigenvalue weighted by molar-refractivity contribution is 5.90. The van der Waals surface area contributed by atoms with Crippen LogP contribution in [0.1, 0.15) is 12.0 Å². The summed E-state index contributed by atoms with van der Waals surface area (Å²) in [7, 11) is 0.